The molecule has 3 heteroatoms. The lowest BCUT2D eigenvalue weighted by Gasteiger charge is -2.29. The Morgan fingerprint density at radius 1 is 1.44 bits per heavy atom. The number of hydrogen-bond donors (Lipinski definition) is 1. The van der Waals surface area contributed by atoms with Gasteiger partial charge in [-0.3, -0.25) is 0 Å². The maximum absolute atomic E-state index is 13.1. The zero-order chi connectivity index (χ0) is 12.0. The highest BCUT2D eigenvalue weighted by molar-refractivity contribution is 5.46. The van der Waals surface area contributed by atoms with Crippen LogP contribution in [0, 0.1) is 5.82 Å². The molecule has 0 spiro atoms. The molecule has 1 atom stereocenters. The molecule has 2 nitrogen and oxygen atoms in total. The highest BCUT2D eigenvalue weighted by atomic mass is 19.1. The molecule has 0 heterocycles. The summed E-state index contributed by atoms with van der Waals surface area (Å²) in [5, 5.41) is 0. The first-order chi connectivity index (χ1) is 7.69. The maximum Gasteiger partial charge on any atom is 0.125 e. The van der Waals surface area contributed by atoms with Crippen molar-refractivity contribution in [2.75, 3.05) is 18.5 Å². The fourth-order valence-corrected chi connectivity index (χ4v) is 1.82. The van der Waals surface area contributed by atoms with Crippen molar-refractivity contribution in [2.45, 2.75) is 32.2 Å². The number of unbranched alkanes of at least 4 members (excludes halogenated alkanes) is 1. The molecule has 0 saturated carbocycles. The van der Waals surface area contributed by atoms with Gasteiger partial charge in [-0.2, -0.15) is 0 Å². The lowest BCUT2D eigenvalue weighted by molar-refractivity contribution is 0.556. The van der Waals surface area contributed by atoms with E-state index >= 15 is 0 Å². The van der Waals surface area contributed by atoms with Gasteiger partial charge in [-0.15, -0.1) is 0 Å². The molecule has 16 heavy (non-hydrogen) atoms. The summed E-state index contributed by atoms with van der Waals surface area (Å²) in [5.41, 5.74) is 6.65. The smallest absolute Gasteiger partial charge is 0.125 e. The number of halogens is 1. The molecule has 0 amide bonds. The number of nitrogens with two attached hydrogens (primary N) is 1. The molecule has 0 saturated heterocycles. The van der Waals surface area contributed by atoms with E-state index in [4.69, 9.17) is 5.73 Å². The molecule has 1 unspecified atom stereocenters. The standard InChI is InChI=1S/C13H21FN2/c1-3-4-7-13(10-15)16(2)12-8-5-6-11(14)9-12/h5-6,8-9,13H,3-4,7,10,15H2,1-2H3. The largest absolute Gasteiger partial charge is 0.370 e. The van der Waals surface area contributed by atoms with Gasteiger partial charge in [0.05, 0.1) is 0 Å². The Morgan fingerprint density at radius 2 is 2.19 bits per heavy atom. The fourth-order valence-electron chi connectivity index (χ4n) is 1.82. The number of rotatable bonds is 6. The Balaban J connectivity index is 2.70. The predicted octanol–water partition coefficient (Wildman–Crippen LogP) is 2.78. The molecule has 1 aromatic carbocycles. The predicted molar refractivity (Wildman–Crippen MR) is 67.2 cm³/mol. The molecular weight excluding hydrogens is 203 g/mol. The van der Waals surface area contributed by atoms with Gasteiger partial charge in [0.2, 0.25) is 0 Å². The highest BCUT2D eigenvalue weighted by Crippen LogP contribution is 2.18. The minimum atomic E-state index is -0.199. The summed E-state index contributed by atoms with van der Waals surface area (Å²) < 4.78 is 13.1. The lowest BCUT2D eigenvalue weighted by atomic mass is 10.1. The summed E-state index contributed by atoms with van der Waals surface area (Å²) in [6.07, 6.45) is 3.37. The SMILES string of the molecule is CCCCC(CN)N(C)c1cccc(F)c1. The highest BCUT2D eigenvalue weighted by Gasteiger charge is 2.13. The van der Waals surface area contributed by atoms with Gasteiger partial charge < -0.3 is 10.6 Å². The topological polar surface area (TPSA) is 29.3 Å². The molecule has 2 N–H and O–H groups in total. The third-order valence-corrected chi connectivity index (χ3v) is 2.93. The Morgan fingerprint density at radius 3 is 2.75 bits per heavy atom. The van der Waals surface area contributed by atoms with Gasteiger partial charge in [-0.1, -0.05) is 25.8 Å². The van der Waals surface area contributed by atoms with Gasteiger partial charge in [-0.25, -0.2) is 4.39 Å². The zero-order valence-corrected chi connectivity index (χ0v) is 10.1. The van der Waals surface area contributed by atoms with Crippen LogP contribution in [0.3, 0.4) is 0 Å². The molecular formula is C13H21FN2. The van der Waals surface area contributed by atoms with Gasteiger partial charge in [0.25, 0.3) is 0 Å². The second kappa shape index (κ2) is 6.48. The van der Waals surface area contributed by atoms with E-state index < -0.39 is 0 Å². The minimum absolute atomic E-state index is 0.199. The van der Waals surface area contributed by atoms with E-state index in [1.165, 1.54) is 6.07 Å². The van der Waals surface area contributed by atoms with Crippen LogP contribution < -0.4 is 10.6 Å². The molecule has 0 aromatic heterocycles. The number of likely N-dealkylation sites (N-methyl/N-ethyl adjacent to an activating group) is 1. The van der Waals surface area contributed by atoms with Crippen molar-refractivity contribution >= 4 is 5.69 Å². The van der Waals surface area contributed by atoms with Crippen molar-refractivity contribution in [3.8, 4) is 0 Å². The van der Waals surface area contributed by atoms with Crippen LogP contribution >= 0.6 is 0 Å². The van der Waals surface area contributed by atoms with E-state index in [9.17, 15) is 4.39 Å². The summed E-state index contributed by atoms with van der Waals surface area (Å²) >= 11 is 0. The Bertz CT molecular complexity index is 315. The molecule has 0 radical (unpaired) electrons. The van der Waals surface area contributed by atoms with Crippen LogP contribution in [-0.4, -0.2) is 19.6 Å². The second-order valence-corrected chi connectivity index (χ2v) is 4.12. The molecule has 1 aromatic rings. The first-order valence-corrected chi connectivity index (χ1v) is 5.87. The quantitative estimate of drug-likeness (QED) is 0.805. The first kappa shape index (κ1) is 13.0. The van der Waals surface area contributed by atoms with Gasteiger partial charge in [0.1, 0.15) is 5.82 Å². The fraction of sp³-hybridized carbons (Fsp3) is 0.538. The van der Waals surface area contributed by atoms with E-state index in [1.54, 1.807) is 12.1 Å². The van der Waals surface area contributed by atoms with Gasteiger partial charge >= 0.3 is 0 Å². The molecule has 90 valence electrons. The van der Waals surface area contributed by atoms with E-state index in [1.807, 2.05) is 13.1 Å². The molecule has 0 fully saturated rings. The van der Waals surface area contributed by atoms with Crippen molar-refractivity contribution in [1.82, 2.24) is 0 Å². The van der Waals surface area contributed by atoms with Crippen LogP contribution in [0.4, 0.5) is 10.1 Å². The van der Waals surface area contributed by atoms with Crippen LogP contribution in [0.25, 0.3) is 0 Å². The average molecular weight is 224 g/mol. The molecule has 0 aliphatic rings. The Kier molecular flexibility index (Phi) is 5.26. The van der Waals surface area contributed by atoms with Crippen molar-refractivity contribution in [3.05, 3.63) is 30.1 Å². The summed E-state index contributed by atoms with van der Waals surface area (Å²) in [6, 6.07) is 6.95. The van der Waals surface area contributed by atoms with Crippen LogP contribution in [-0.2, 0) is 0 Å². The van der Waals surface area contributed by atoms with Crippen molar-refractivity contribution < 1.29 is 4.39 Å². The van der Waals surface area contributed by atoms with E-state index in [0.717, 1.165) is 24.9 Å². The summed E-state index contributed by atoms with van der Waals surface area (Å²) in [7, 11) is 1.97. The molecule has 0 aliphatic heterocycles. The number of benzene rings is 1. The normalized spacial score (nSPS) is 12.5. The van der Waals surface area contributed by atoms with E-state index in [0.29, 0.717) is 12.6 Å². The number of nitrogens with zero attached hydrogens (tertiary/aromatic N) is 1. The third kappa shape index (κ3) is 3.49. The number of anilines is 1. The first-order valence-electron chi connectivity index (χ1n) is 5.87. The zero-order valence-electron chi connectivity index (χ0n) is 10.1. The van der Waals surface area contributed by atoms with Crippen molar-refractivity contribution in [2.24, 2.45) is 5.73 Å². The van der Waals surface area contributed by atoms with Crippen LogP contribution in [0.2, 0.25) is 0 Å². The molecule has 0 aliphatic carbocycles. The molecule has 0 bridgehead atoms. The Hall–Kier alpha value is -1.09. The Labute approximate surface area is 97.3 Å². The van der Waals surface area contributed by atoms with E-state index in [-0.39, 0.29) is 5.82 Å². The summed E-state index contributed by atoms with van der Waals surface area (Å²) in [6.45, 7) is 2.77. The number of hydrogen-bond acceptors (Lipinski definition) is 2. The van der Waals surface area contributed by atoms with Crippen molar-refractivity contribution in [3.63, 3.8) is 0 Å². The van der Waals surface area contributed by atoms with Gasteiger partial charge in [0, 0.05) is 25.3 Å². The van der Waals surface area contributed by atoms with Crippen LogP contribution in [0.1, 0.15) is 26.2 Å². The monoisotopic (exact) mass is 224 g/mol. The van der Waals surface area contributed by atoms with Gasteiger partial charge in [-0.05, 0) is 24.6 Å². The van der Waals surface area contributed by atoms with Crippen LogP contribution in [0.5, 0.6) is 0 Å². The second-order valence-electron chi connectivity index (χ2n) is 4.12. The molecule has 1 rings (SSSR count). The minimum Gasteiger partial charge on any atom is -0.370 e. The maximum atomic E-state index is 13.1. The summed E-state index contributed by atoms with van der Waals surface area (Å²) in [4.78, 5) is 2.07. The van der Waals surface area contributed by atoms with E-state index in [2.05, 4.69) is 11.8 Å². The average Bonchev–Trinajstić information content (AvgIpc) is 2.29. The van der Waals surface area contributed by atoms with Gasteiger partial charge in [0.15, 0.2) is 0 Å². The van der Waals surface area contributed by atoms with Crippen molar-refractivity contribution in [1.29, 1.82) is 0 Å². The lowest BCUT2D eigenvalue weighted by Crippen LogP contribution is -2.37. The summed E-state index contributed by atoms with van der Waals surface area (Å²) in [5.74, 6) is -0.199. The van der Waals surface area contributed by atoms with Crippen LogP contribution in [0.15, 0.2) is 24.3 Å². The third-order valence-electron chi connectivity index (χ3n) is 2.93.